The fourth-order valence-electron chi connectivity index (χ4n) is 2.06. The Morgan fingerprint density at radius 3 is 2.68 bits per heavy atom. The van der Waals surface area contributed by atoms with Gasteiger partial charge in [-0.25, -0.2) is 0 Å². The van der Waals surface area contributed by atoms with Crippen molar-refractivity contribution in [3.05, 3.63) is 27.7 Å². The Balaban J connectivity index is 2.21. The molecule has 1 aromatic carbocycles. The summed E-state index contributed by atoms with van der Waals surface area (Å²) in [5, 5.41) is 14.9. The molecule has 1 fully saturated rings. The number of amides is 1. The van der Waals surface area contributed by atoms with Crippen LogP contribution in [0.1, 0.15) is 19.3 Å². The number of anilines is 1. The van der Waals surface area contributed by atoms with Gasteiger partial charge in [-0.05, 0) is 31.0 Å². The van der Waals surface area contributed by atoms with Crippen molar-refractivity contribution in [3.8, 4) is 0 Å². The first kappa shape index (κ1) is 14.1. The van der Waals surface area contributed by atoms with E-state index in [0.717, 1.165) is 10.9 Å². The molecule has 0 saturated heterocycles. The van der Waals surface area contributed by atoms with Crippen LogP contribution < -0.4 is 11.1 Å². The Hall–Kier alpha value is -1.27. The number of benzene rings is 1. The molecule has 5 nitrogen and oxygen atoms in total. The molecule has 0 spiro atoms. The summed E-state index contributed by atoms with van der Waals surface area (Å²) in [6.45, 7) is 0. The number of carbonyl (C=O) groups is 1. The molecule has 0 radical (unpaired) electrons. The standard InChI is InChI=1S/C12H13BrClN3O2/c13-7-2-3-9(8(14)6-7)16-11(18)12(4-1-5-12)10(15)17-19/h2-3,6,19H,1,4-5H2,(H2,15,17)(H,16,18). The first-order valence-electron chi connectivity index (χ1n) is 5.74. The van der Waals surface area contributed by atoms with Gasteiger partial charge in [0.05, 0.1) is 10.7 Å². The van der Waals surface area contributed by atoms with Crippen molar-refractivity contribution < 1.29 is 10.0 Å². The van der Waals surface area contributed by atoms with Gasteiger partial charge in [0.1, 0.15) is 5.41 Å². The highest BCUT2D eigenvalue weighted by Crippen LogP contribution is 2.42. The van der Waals surface area contributed by atoms with Crippen molar-refractivity contribution >= 4 is 45.0 Å². The highest BCUT2D eigenvalue weighted by atomic mass is 79.9. The van der Waals surface area contributed by atoms with Crippen LogP contribution in [0.25, 0.3) is 0 Å². The van der Waals surface area contributed by atoms with E-state index in [1.54, 1.807) is 18.2 Å². The van der Waals surface area contributed by atoms with Crippen LogP contribution in [-0.4, -0.2) is 17.0 Å². The molecule has 1 aliphatic carbocycles. The Morgan fingerprint density at radius 1 is 1.53 bits per heavy atom. The molecule has 1 amide bonds. The average molecular weight is 347 g/mol. The third-order valence-corrected chi connectivity index (χ3v) is 4.23. The summed E-state index contributed by atoms with van der Waals surface area (Å²) < 4.78 is 0.824. The largest absolute Gasteiger partial charge is 0.409 e. The Kier molecular flexibility index (Phi) is 4.01. The lowest BCUT2D eigenvalue weighted by atomic mass is 9.67. The second kappa shape index (κ2) is 5.38. The summed E-state index contributed by atoms with van der Waals surface area (Å²) in [5.41, 5.74) is 5.22. The van der Waals surface area contributed by atoms with Crippen molar-refractivity contribution in [2.24, 2.45) is 16.3 Å². The van der Waals surface area contributed by atoms with Gasteiger partial charge in [-0.3, -0.25) is 4.79 Å². The van der Waals surface area contributed by atoms with Gasteiger partial charge in [0, 0.05) is 4.47 Å². The number of amidine groups is 1. The zero-order valence-electron chi connectivity index (χ0n) is 9.99. The minimum Gasteiger partial charge on any atom is -0.409 e. The lowest BCUT2D eigenvalue weighted by molar-refractivity contribution is -0.125. The molecule has 1 aromatic rings. The Morgan fingerprint density at radius 2 is 2.21 bits per heavy atom. The zero-order chi connectivity index (χ0) is 14.0. The predicted molar refractivity (Wildman–Crippen MR) is 77.5 cm³/mol. The second-order valence-electron chi connectivity index (χ2n) is 4.50. The summed E-state index contributed by atoms with van der Waals surface area (Å²) in [4.78, 5) is 12.3. The minimum atomic E-state index is -0.912. The van der Waals surface area contributed by atoms with Crippen LogP contribution in [0, 0.1) is 5.41 Å². The van der Waals surface area contributed by atoms with Gasteiger partial charge in [-0.1, -0.05) is 39.1 Å². The van der Waals surface area contributed by atoms with E-state index in [-0.39, 0.29) is 11.7 Å². The molecule has 7 heteroatoms. The van der Waals surface area contributed by atoms with Crippen LogP contribution in [0.3, 0.4) is 0 Å². The van der Waals surface area contributed by atoms with Gasteiger partial charge >= 0.3 is 0 Å². The van der Waals surface area contributed by atoms with E-state index >= 15 is 0 Å². The molecular weight excluding hydrogens is 334 g/mol. The molecule has 0 aromatic heterocycles. The Bertz CT molecular complexity index is 544. The van der Waals surface area contributed by atoms with Crippen molar-refractivity contribution in [2.75, 3.05) is 5.32 Å². The monoisotopic (exact) mass is 345 g/mol. The zero-order valence-corrected chi connectivity index (χ0v) is 12.3. The van der Waals surface area contributed by atoms with Gasteiger partial charge in [-0.15, -0.1) is 0 Å². The summed E-state index contributed by atoms with van der Waals surface area (Å²) in [6, 6.07) is 5.16. The fraction of sp³-hybridized carbons (Fsp3) is 0.333. The highest BCUT2D eigenvalue weighted by molar-refractivity contribution is 9.10. The summed E-state index contributed by atoms with van der Waals surface area (Å²) in [7, 11) is 0. The summed E-state index contributed by atoms with van der Waals surface area (Å²) in [6.07, 6.45) is 2.02. The van der Waals surface area contributed by atoms with Crippen LogP contribution in [0.2, 0.25) is 5.02 Å². The van der Waals surface area contributed by atoms with Gasteiger partial charge in [0.2, 0.25) is 5.91 Å². The normalized spacial score (nSPS) is 17.7. The number of hydrogen-bond acceptors (Lipinski definition) is 3. The van der Waals surface area contributed by atoms with E-state index in [4.69, 9.17) is 22.5 Å². The summed E-state index contributed by atoms with van der Waals surface area (Å²) >= 11 is 9.33. The van der Waals surface area contributed by atoms with E-state index in [1.807, 2.05) is 0 Å². The number of hydrogen-bond donors (Lipinski definition) is 3. The van der Waals surface area contributed by atoms with Gasteiger partial charge in [-0.2, -0.15) is 0 Å². The van der Waals surface area contributed by atoms with Crippen molar-refractivity contribution in [1.29, 1.82) is 0 Å². The molecule has 2 rings (SSSR count). The van der Waals surface area contributed by atoms with Crippen LogP contribution in [0.4, 0.5) is 5.69 Å². The number of nitrogens with zero attached hydrogens (tertiary/aromatic N) is 1. The van der Waals surface area contributed by atoms with E-state index < -0.39 is 5.41 Å². The molecule has 1 saturated carbocycles. The lowest BCUT2D eigenvalue weighted by Crippen LogP contribution is -2.51. The molecule has 0 unspecified atom stereocenters. The summed E-state index contributed by atoms with van der Waals surface area (Å²) in [5.74, 6) is -0.345. The van der Waals surface area contributed by atoms with E-state index in [2.05, 4.69) is 26.4 Å². The topological polar surface area (TPSA) is 87.7 Å². The lowest BCUT2D eigenvalue weighted by Gasteiger charge is -2.38. The first-order valence-corrected chi connectivity index (χ1v) is 6.91. The maximum Gasteiger partial charge on any atom is 0.238 e. The van der Waals surface area contributed by atoms with Crippen molar-refractivity contribution in [2.45, 2.75) is 19.3 Å². The number of carbonyl (C=O) groups excluding carboxylic acids is 1. The van der Waals surface area contributed by atoms with Gasteiger partial charge in [0.25, 0.3) is 0 Å². The second-order valence-corrected chi connectivity index (χ2v) is 5.82. The quantitative estimate of drug-likeness (QED) is 0.340. The van der Waals surface area contributed by atoms with Crippen LogP contribution in [0.15, 0.2) is 27.8 Å². The van der Waals surface area contributed by atoms with Crippen LogP contribution >= 0.6 is 27.5 Å². The SMILES string of the molecule is N/C(=N/O)C1(C(=O)Nc2ccc(Br)cc2Cl)CCC1. The maximum absolute atomic E-state index is 12.3. The van der Waals surface area contributed by atoms with Gasteiger partial charge in [0.15, 0.2) is 5.84 Å². The average Bonchev–Trinajstić information content (AvgIpc) is 2.31. The fourth-order valence-corrected chi connectivity index (χ4v) is 2.78. The van der Waals surface area contributed by atoms with Crippen molar-refractivity contribution in [1.82, 2.24) is 0 Å². The van der Waals surface area contributed by atoms with Gasteiger partial charge < -0.3 is 16.3 Å². The van der Waals surface area contributed by atoms with Crippen LogP contribution in [0.5, 0.6) is 0 Å². The molecule has 1 aliphatic rings. The molecule has 0 bridgehead atoms. The Labute approximate surface area is 123 Å². The third-order valence-electron chi connectivity index (χ3n) is 3.42. The highest BCUT2D eigenvalue weighted by Gasteiger charge is 2.48. The van der Waals surface area contributed by atoms with E-state index in [9.17, 15) is 4.79 Å². The number of nitrogens with one attached hydrogen (secondary N) is 1. The number of rotatable bonds is 3. The molecular formula is C12H13BrClN3O2. The number of halogens is 2. The number of oxime groups is 1. The molecule has 0 atom stereocenters. The maximum atomic E-state index is 12.3. The smallest absolute Gasteiger partial charge is 0.238 e. The molecule has 102 valence electrons. The molecule has 19 heavy (non-hydrogen) atoms. The number of nitrogens with two attached hydrogens (primary N) is 1. The van der Waals surface area contributed by atoms with E-state index in [1.165, 1.54) is 0 Å². The molecule has 4 N–H and O–H groups in total. The minimum absolute atomic E-state index is 0.0514. The molecule has 0 heterocycles. The predicted octanol–water partition coefficient (Wildman–Crippen LogP) is 2.96. The molecule has 0 aliphatic heterocycles. The van der Waals surface area contributed by atoms with E-state index in [0.29, 0.717) is 23.6 Å². The third kappa shape index (κ3) is 2.55. The first-order chi connectivity index (χ1) is 8.99. The van der Waals surface area contributed by atoms with Crippen molar-refractivity contribution in [3.63, 3.8) is 0 Å². The van der Waals surface area contributed by atoms with Crippen LogP contribution in [-0.2, 0) is 4.79 Å².